The Bertz CT molecular complexity index is 370. The monoisotopic (exact) mass is 256 g/mol. The first-order chi connectivity index (χ1) is 7.84. The minimum atomic E-state index is -1.53. The summed E-state index contributed by atoms with van der Waals surface area (Å²) in [5, 5.41) is 19.2. The topological polar surface area (TPSA) is 40.5 Å². The first-order valence-electron chi connectivity index (χ1n) is 5.81. The van der Waals surface area contributed by atoms with E-state index in [9.17, 15) is 14.6 Å². The van der Waals surface area contributed by atoms with Gasteiger partial charge in [-0.1, -0.05) is 37.8 Å². The van der Waals surface area contributed by atoms with E-state index in [1.54, 1.807) is 18.2 Å². The van der Waals surface area contributed by atoms with Crippen LogP contribution in [0.2, 0.25) is 25.7 Å². The van der Waals surface area contributed by atoms with E-state index in [0.717, 1.165) is 0 Å². The molecule has 0 heterocycles. The summed E-state index contributed by atoms with van der Waals surface area (Å²) in [5.74, 6) is -0.353. The van der Waals surface area contributed by atoms with Gasteiger partial charge in [-0.15, -0.1) is 0 Å². The van der Waals surface area contributed by atoms with Gasteiger partial charge in [-0.25, -0.2) is 4.39 Å². The van der Waals surface area contributed by atoms with Gasteiger partial charge in [-0.3, -0.25) is 0 Å². The summed E-state index contributed by atoms with van der Waals surface area (Å²) < 4.78 is 13.8. The molecule has 1 aromatic carbocycles. The fraction of sp³-hybridized carbons (Fsp3) is 0.538. The van der Waals surface area contributed by atoms with E-state index in [0.29, 0.717) is 11.6 Å². The Morgan fingerprint density at radius 1 is 1.12 bits per heavy atom. The molecule has 1 aromatic rings. The largest absolute Gasteiger partial charge is 0.395 e. The van der Waals surface area contributed by atoms with Crippen molar-refractivity contribution >= 4 is 8.07 Å². The molecule has 0 saturated heterocycles. The smallest absolute Gasteiger partial charge is 0.127 e. The van der Waals surface area contributed by atoms with E-state index >= 15 is 0 Å². The Labute approximate surface area is 103 Å². The molecule has 0 aliphatic heterocycles. The van der Waals surface area contributed by atoms with Gasteiger partial charge in [0.05, 0.1) is 13.2 Å². The number of hydrogen-bond donors (Lipinski definition) is 2. The number of benzene rings is 1. The van der Waals surface area contributed by atoms with Gasteiger partial charge in [0.1, 0.15) is 5.82 Å². The lowest BCUT2D eigenvalue weighted by Crippen LogP contribution is -2.42. The van der Waals surface area contributed by atoms with E-state index in [-0.39, 0.29) is 19.0 Å². The lowest BCUT2D eigenvalue weighted by molar-refractivity contribution is 0.125. The van der Waals surface area contributed by atoms with Crippen molar-refractivity contribution in [2.45, 2.75) is 31.1 Å². The van der Waals surface area contributed by atoms with Crippen LogP contribution in [0.3, 0.4) is 0 Å². The predicted octanol–water partition coefficient (Wildman–Crippen LogP) is 2.39. The third-order valence-corrected chi connectivity index (χ3v) is 4.66. The zero-order valence-corrected chi connectivity index (χ0v) is 11.7. The van der Waals surface area contributed by atoms with Crippen molar-refractivity contribution in [1.82, 2.24) is 0 Å². The fourth-order valence-electron chi connectivity index (χ4n) is 2.33. The average Bonchev–Trinajstić information content (AvgIpc) is 2.25. The van der Waals surface area contributed by atoms with Crippen LogP contribution < -0.4 is 0 Å². The van der Waals surface area contributed by atoms with Crippen LogP contribution in [0.15, 0.2) is 24.3 Å². The maximum Gasteiger partial charge on any atom is 0.127 e. The van der Waals surface area contributed by atoms with Gasteiger partial charge in [-0.2, -0.15) is 0 Å². The Kier molecular flexibility index (Phi) is 4.46. The maximum absolute atomic E-state index is 13.8. The summed E-state index contributed by atoms with van der Waals surface area (Å²) >= 11 is 0. The van der Waals surface area contributed by atoms with Crippen molar-refractivity contribution < 1.29 is 14.6 Å². The van der Waals surface area contributed by atoms with Crippen LogP contribution in [0, 0.1) is 5.82 Å². The molecule has 0 aliphatic rings. The van der Waals surface area contributed by atoms with Gasteiger partial charge in [0.15, 0.2) is 0 Å². The SMILES string of the molecule is C[Si](C)(C)CC(CO)(CO)c1ccccc1F. The third kappa shape index (κ3) is 3.37. The van der Waals surface area contributed by atoms with Crippen molar-refractivity contribution in [2.75, 3.05) is 13.2 Å². The zero-order chi connectivity index (χ0) is 13.1. The van der Waals surface area contributed by atoms with Crippen LogP contribution in [-0.4, -0.2) is 31.5 Å². The second kappa shape index (κ2) is 5.29. The molecule has 0 spiro atoms. The molecule has 0 radical (unpaired) electrons. The minimum absolute atomic E-state index is 0.227. The van der Waals surface area contributed by atoms with E-state index in [1.807, 2.05) is 0 Å². The van der Waals surface area contributed by atoms with Crippen molar-refractivity contribution in [1.29, 1.82) is 0 Å². The highest BCUT2D eigenvalue weighted by molar-refractivity contribution is 6.76. The average molecular weight is 256 g/mol. The number of aliphatic hydroxyl groups is 2. The third-order valence-electron chi connectivity index (χ3n) is 2.92. The summed E-state index contributed by atoms with van der Waals surface area (Å²) in [4.78, 5) is 0. The Hall–Kier alpha value is -0.713. The molecule has 0 unspecified atom stereocenters. The Morgan fingerprint density at radius 3 is 2.06 bits per heavy atom. The van der Waals surface area contributed by atoms with Gasteiger partial charge < -0.3 is 10.2 Å². The fourth-order valence-corrected chi connectivity index (χ4v) is 4.78. The van der Waals surface area contributed by atoms with Crippen molar-refractivity contribution in [2.24, 2.45) is 0 Å². The van der Waals surface area contributed by atoms with Crippen molar-refractivity contribution in [3.05, 3.63) is 35.6 Å². The summed E-state index contributed by atoms with van der Waals surface area (Å²) in [6.45, 7) is 5.99. The summed E-state index contributed by atoms with van der Waals surface area (Å²) in [6, 6.07) is 7.05. The normalized spacial score (nSPS) is 12.8. The molecule has 17 heavy (non-hydrogen) atoms. The highest BCUT2D eigenvalue weighted by Crippen LogP contribution is 2.34. The van der Waals surface area contributed by atoms with E-state index in [1.165, 1.54) is 6.07 Å². The van der Waals surface area contributed by atoms with Crippen LogP contribution in [0.4, 0.5) is 4.39 Å². The van der Waals surface area contributed by atoms with E-state index in [4.69, 9.17) is 0 Å². The summed E-state index contributed by atoms with van der Waals surface area (Å²) in [6.07, 6.45) is 0. The molecule has 0 saturated carbocycles. The molecule has 96 valence electrons. The Morgan fingerprint density at radius 2 is 1.65 bits per heavy atom. The molecule has 2 N–H and O–H groups in total. The van der Waals surface area contributed by atoms with Gasteiger partial charge in [-0.05, 0) is 17.7 Å². The number of rotatable bonds is 5. The summed E-state index contributed by atoms with van der Waals surface area (Å²) in [5.41, 5.74) is -0.428. The Balaban J connectivity index is 3.20. The van der Waals surface area contributed by atoms with Crippen LogP contribution in [0.25, 0.3) is 0 Å². The molecule has 4 heteroatoms. The second-order valence-electron chi connectivity index (χ2n) is 5.81. The van der Waals surface area contributed by atoms with Crippen LogP contribution in [0.5, 0.6) is 0 Å². The minimum Gasteiger partial charge on any atom is -0.395 e. The number of hydrogen-bond acceptors (Lipinski definition) is 2. The molecule has 0 amide bonds. The molecule has 0 bridgehead atoms. The standard InChI is InChI=1S/C13H21FO2Si/c1-17(2,3)10-13(8-15,9-16)11-6-4-5-7-12(11)14/h4-7,15-16H,8-10H2,1-3H3. The molecule has 1 rings (SSSR count). The number of halogens is 1. The maximum atomic E-state index is 13.8. The van der Waals surface area contributed by atoms with Gasteiger partial charge in [0.25, 0.3) is 0 Å². The lowest BCUT2D eigenvalue weighted by Gasteiger charge is -2.35. The predicted molar refractivity (Wildman–Crippen MR) is 70.4 cm³/mol. The van der Waals surface area contributed by atoms with Crippen molar-refractivity contribution in [3.63, 3.8) is 0 Å². The van der Waals surface area contributed by atoms with Crippen LogP contribution >= 0.6 is 0 Å². The molecule has 0 aliphatic carbocycles. The molecular formula is C13H21FO2Si. The lowest BCUT2D eigenvalue weighted by atomic mass is 9.83. The highest BCUT2D eigenvalue weighted by atomic mass is 28.3. The van der Waals surface area contributed by atoms with Crippen LogP contribution in [-0.2, 0) is 5.41 Å². The second-order valence-corrected chi connectivity index (χ2v) is 11.3. The number of aliphatic hydroxyl groups excluding tert-OH is 2. The molecule has 0 aromatic heterocycles. The van der Waals surface area contributed by atoms with E-state index < -0.39 is 13.5 Å². The molecule has 0 fully saturated rings. The van der Waals surface area contributed by atoms with Crippen LogP contribution in [0.1, 0.15) is 5.56 Å². The van der Waals surface area contributed by atoms with E-state index in [2.05, 4.69) is 19.6 Å². The molecular weight excluding hydrogens is 235 g/mol. The summed E-state index contributed by atoms with van der Waals surface area (Å²) in [7, 11) is -1.53. The molecule has 2 nitrogen and oxygen atoms in total. The molecule has 0 atom stereocenters. The van der Waals surface area contributed by atoms with Crippen molar-refractivity contribution in [3.8, 4) is 0 Å². The van der Waals surface area contributed by atoms with Gasteiger partial charge in [0.2, 0.25) is 0 Å². The zero-order valence-electron chi connectivity index (χ0n) is 10.7. The van der Waals surface area contributed by atoms with Gasteiger partial charge in [0, 0.05) is 13.5 Å². The first-order valence-corrected chi connectivity index (χ1v) is 9.52. The van der Waals surface area contributed by atoms with Gasteiger partial charge >= 0.3 is 0 Å². The quantitative estimate of drug-likeness (QED) is 0.794. The first kappa shape index (κ1) is 14.3. The highest BCUT2D eigenvalue weighted by Gasteiger charge is 2.37.